The zero-order valence-corrected chi connectivity index (χ0v) is 6.60. The highest BCUT2D eigenvalue weighted by Gasteiger charge is 1.65. The first-order chi connectivity index (χ1) is 4.73. The molecule has 0 aromatic heterocycles. The van der Waals surface area contributed by atoms with Gasteiger partial charge in [-0.2, -0.15) is 0 Å². The Morgan fingerprint density at radius 2 is 1.00 bits per heavy atom. The van der Waals surface area contributed by atoms with Gasteiger partial charge >= 0.3 is 0 Å². The lowest BCUT2D eigenvalue weighted by molar-refractivity contribution is -0.134. The van der Waals surface area contributed by atoms with Gasteiger partial charge in [-0.3, -0.25) is 4.79 Å². The third-order valence-corrected chi connectivity index (χ3v) is 0. The van der Waals surface area contributed by atoms with Crippen molar-refractivity contribution in [3.63, 3.8) is 0 Å². The van der Waals surface area contributed by atoms with Crippen LogP contribution in [0.5, 0.6) is 0 Å². The van der Waals surface area contributed by atoms with E-state index in [0.717, 1.165) is 6.92 Å². The van der Waals surface area contributed by atoms with Crippen LogP contribution < -0.4 is 0 Å². The summed E-state index contributed by atoms with van der Waals surface area (Å²) >= 11 is 0. The molecular weight excluding hydrogens is 128 g/mol. The Morgan fingerprint density at radius 3 is 1.00 bits per heavy atom. The second-order valence-corrected chi connectivity index (χ2v) is 0.519. The molecular formula is C8H16O2. The standard InChI is InChI=1S/C2H4O2.3C2H4/c1-2(3)4;3*1-2/h1H3,(H,3,4);3*1-2H2. The van der Waals surface area contributed by atoms with E-state index in [1.807, 2.05) is 0 Å². The van der Waals surface area contributed by atoms with Gasteiger partial charge in [-0.25, -0.2) is 0 Å². The van der Waals surface area contributed by atoms with E-state index >= 15 is 0 Å². The molecule has 0 rings (SSSR count). The number of rotatable bonds is 0. The van der Waals surface area contributed by atoms with Gasteiger partial charge < -0.3 is 5.11 Å². The largest absolute Gasteiger partial charge is 0.481 e. The van der Waals surface area contributed by atoms with Crippen LogP contribution >= 0.6 is 0 Å². The van der Waals surface area contributed by atoms with Crippen molar-refractivity contribution in [2.75, 3.05) is 0 Å². The van der Waals surface area contributed by atoms with Crippen molar-refractivity contribution in [1.29, 1.82) is 0 Å². The summed E-state index contributed by atoms with van der Waals surface area (Å²) in [5, 5.41) is 7.42. The first kappa shape index (κ1) is 23.4. The van der Waals surface area contributed by atoms with Crippen LogP contribution in [0.1, 0.15) is 6.92 Å². The summed E-state index contributed by atoms with van der Waals surface area (Å²) in [5.74, 6) is -0.833. The summed E-state index contributed by atoms with van der Waals surface area (Å²) in [6.45, 7) is 19.1. The minimum absolute atomic E-state index is 0.833. The monoisotopic (exact) mass is 144 g/mol. The lowest BCUT2D eigenvalue weighted by Crippen LogP contribution is -1.78. The Hall–Kier alpha value is -1.31. The predicted octanol–water partition coefficient (Wildman–Crippen LogP) is 2.50. The molecule has 0 spiro atoms. The zero-order chi connectivity index (χ0) is 9.58. The first-order valence-corrected chi connectivity index (χ1v) is 2.43. The third kappa shape index (κ3) is 126. The molecule has 2 nitrogen and oxygen atoms in total. The fraction of sp³-hybridized carbons (Fsp3) is 0.125. The van der Waals surface area contributed by atoms with Gasteiger partial charge in [-0.05, 0) is 0 Å². The quantitative estimate of drug-likeness (QED) is 0.530. The van der Waals surface area contributed by atoms with Crippen molar-refractivity contribution >= 4 is 5.97 Å². The number of hydrogen-bond acceptors (Lipinski definition) is 1. The lowest BCUT2D eigenvalue weighted by Gasteiger charge is -1.59. The number of hydrogen-bond donors (Lipinski definition) is 1. The van der Waals surface area contributed by atoms with Crippen LogP contribution in [0.15, 0.2) is 39.5 Å². The number of carbonyl (C=O) groups is 1. The molecule has 0 radical (unpaired) electrons. The molecule has 0 saturated carbocycles. The smallest absolute Gasteiger partial charge is 0.300 e. The Bertz CT molecular complexity index is 51.5. The van der Waals surface area contributed by atoms with E-state index < -0.39 is 5.97 Å². The Kier molecular flexibility index (Phi) is 282. The SMILES string of the molecule is C=C.C=C.C=C.CC(=O)O. The van der Waals surface area contributed by atoms with Gasteiger partial charge in [0.05, 0.1) is 0 Å². The molecule has 0 aliphatic heterocycles. The number of carboxylic acids is 1. The van der Waals surface area contributed by atoms with E-state index in [0.29, 0.717) is 0 Å². The van der Waals surface area contributed by atoms with Crippen LogP contribution in [0, 0.1) is 0 Å². The van der Waals surface area contributed by atoms with E-state index in [1.54, 1.807) is 0 Å². The lowest BCUT2D eigenvalue weighted by atomic mass is 10.9. The Labute approximate surface area is 63.2 Å². The Morgan fingerprint density at radius 1 is 1.00 bits per heavy atom. The van der Waals surface area contributed by atoms with Crippen LogP contribution in [-0.4, -0.2) is 11.1 Å². The average Bonchev–Trinajstić information content (AvgIpc) is 1.98. The molecule has 0 heterocycles. The molecule has 0 amide bonds. The highest BCUT2D eigenvalue weighted by atomic mass is 16.4. The molecule has 0 fully saturated rings. The third-order valence-electron chi connectivity index (χ3n) is 0. The van der Waals surface area contributed by atoms with Crippen LogP contribution in [0.2, 0.25) is 0 Å². The van der Waals surface area contributed by atoms with Gasteiger partial charge in [0, 0.05) is 6.92 Å². The molecule has 60 valence electrons. The normalized spacial score (nSPS) is 3.70. The first-order valence-electron chi connectivity index (χ1n) is 2.43. The van der Waals surface area contributed by atoms with Crippen molar-refractivity contribution in [3.05, 3.63) is 39.5 Å². The van der Waals surface area contributed by atoms with E-state index in [2.05, 4.69) is 39.5 Å². The van der Waals surface area contributed by atoms with Crippen molar-refractivity contribution in [3.8, 4) is 0 Å². The second-order valence-electron chi connectivity index (χ2n) is 0.519. The molecule has 0 aliphatic rings. The van der Waals surface area contributed by atoms with E-state index in [1.165, 1.54) is 0 Å². The maximum Gasteiger partial charge on any atom is 0.300 e. The van der Waals surface area contributed by atoms with Crippen molar-refractivity contribution in [2.24, 2.45) is 0 Å². The molecule has 0 aliphatic carbocycles. The van der Waals surface area contributed by atoms with Crippen molar-refractivity contribution in [1.82, 2.24) is 0 Å². The molecule has 0 unspecified atom stereocenters. The Balaban J connectivity index is -0.0000000262. The van der Waals surface area contributed by atoms with Crippen molar-refractivity contribution in [2.45, 2.75) is 6.92 Å². The minimum atomic E-state index is -0.833. The highest BCUT2D eigenvalue weighted by Crippen LogP contribution is 1.42. The molecule has 0 saturated heterocycles. The topological polar surface area (TPSA) is 37.3 Å². The van der Waals surface area contributed by atoms with Gasteiger partial charge in [0.2, 0.25) is 0 Å². The van der Waals surface area contributed by atoms with Gasteiger partial charge in [0.1, 0.15) is 0 Å². The van der Waals surface area contributed by atoms with Crippen LogP contribution in [0.25, 0.3) is 0 Å². The molecule has 10 heavy (non-hydrogen) atoms. The summed E-state index contributed by atoms with van der Waals surface area (Å²) in [5.41, 5.74) is 0. The van der Waals surface area contributed by atoms with E-state index in [4.69, 9.17) is 9.90 Å². The summed E-state index contributed by atoms with van der Waals surface area (Å²) in [6.07, 6.45) is 0. The van der Waals surface area contributed by atoms with Gasteiger partial charge in [0.15, 0.2) is 0 Å². The summed E-state index contributed by atoms with van der Waals surface area (Å²) in [6, 6.07) is 0. The fourth-order valence-corrected chi connectivity index (χ4v) is 0. The van der Waals surface area contributed by atoms with E-state index in [-0.39, 0.29) is 0 Å². The van der Waals surface area contributed by atoms with E-state index in [9.17, 15) is 0 Å². The zero-order valence-electron chi connectivity index (χ0n) is 6.60. The van der Waals surface area contributed by atoms with Gasteiger partial charge in [0.25, 0.3) is 5.97 Å². The fourth-order valence-electron chi connectivity index (χ4n) is 0. The minimum Gasteiger partial charge on any atom is -0.481 e. The maximum absolute atomic E-state index is 9.00. The van der Waals surface area contributed by atoms with Crippen molar-refractivity contribution < 1.29 is 9.90 Å². The van der Waals surface area contributed by atoms with Crippen LogP contribution in [0.3, 0.4) is 0 Å². The van der Waals surface area contributed by atoms with Gasteiger partial charge in [-0.1, -0.05) is 0 Å². The second kappa shape index (κ2) is 121. The molecule has 0 aromatic rings. The summed E-state index contributed by atoms with van der Waals surface area (Å²) in [7, 11) is 0. The van der Waals surface area contributed by atoms with Crippen LogP contribution in [-0.2, 0) is 4.79 Å². The number of aliphatic carboxylic acids is 1. The number of carboxylic acid groups (broad SMARTS) is 1. The molecule has 0 bridgehead atoms. The van der Waals surface area contributed by atoms with Crippen LogP contribution in [0.4, 0.5) is 0 Å². The highest BCUT2D eigenvalue weighted by molar-refractivity contribution is 5.62. The average molecular weight is 144 g/mol. The molecule has 1 N–H and O–H groups in total. The molecule has 2 heteroatoms. The maximum atomic E-state index is 9.00. The molecule has 0 aromatic carbocycles. The summed E-state index contributed by atoms with van der Waals surface area (Å²) in [4.78, 5) is 9.00. The predicted molar refractivity (Wildman–Crippen MR) is 47.1 cm³/mol. The summed E-state index contributed by atoms with van der Waals surface area (Å²) < 4.78 is 0. The van der Waals surface area contributed by atoms with Gasteiger partial charge in [-0.15, -0.1) is 39.5 Å². The molecule has 0 atom stereocenters.